The Hall–Kier alpha value is -2.21. The highest BCUT2D eigenvalue weighted by molar-refractivity contribution is 7.18. The van der Waals surface area contributed by atoms with Gasteiger partial charge >= 0.3 is 5.69 Å². The summed E-state index contributed by atoms with van der Waals surface area (Å²) in [7, 11) is 0. The summed E-state index contributed by atoms with van der Waals surface area (Å²) in [5, 5.41) is 11.7. The summed E-state index contributed by atoms with van der Waals surface area (Å²) in [6, 6.07) is 10.8. The third-order valence-electron chi connectivity index (χ3n) is 2.87. The normalized spacial score (nSPS) is 10.3. The number of para-hydroxylation sites is 1. The minimum absolute atomic E-state index is 0.0223. The molecule has 104 valence electrons. The van der Waals surface area contributed by atoms with Gasteiger partial charge in [-0.15, -0.1) is 11.3 Å². The Morgan fingerprint density at radius 1 is 1.35 bits per heavy atom. The zero-order valence-corrected chi connectivity index (χ0v) is 12.0. The maximum absolute atomic E-state index is 11.5. The van der Waals surface area contributed by atoms with Crippen molar-refractivity contribution >= 4 is 33.5 Å². The lowest BCUT2D eigenvalue weighted by atomic mass is 10.3. The fourth-order valence-electron chi connectivity index (χ4n) is 1.92. The highest BCUT2D eigenvalue weighted by Gasteiger charge is 2.25. The molecule has 0 saturated carbocycles. The molecule has 1 aromatic carbocycles. The first-order chi connectivity index (χ1) is 9.54. The third-order valence-corrected chi connectivity index (χ3v) is 4.11. The average molecular weight is 290 g/mol. The molecule has 2 aromatic rings. The molecular formula is C14H14N2O3S. The molecular weight excluding hydrogens is 276 g/mol. The molecule has 0 aliphatic heterocycles. The van der Waals surface area contributed by atoms with Gasteiger partial charge in [0.25, 0.3) is 0 Å². The molecule has 5 nitrogen and oxygen atoms in total. The predicted octanol–water partition coefficient (Wildman–Crippen LogP) is 4.02. The summed E-state index contributed by atoms with van der Waals surface area (Å²) >= 11 is 1.16. The van der Waals surface area contributed by atoms with Crippen molar-refractivity contribution < 1.29 is 9.72 Å². The van der Waals surface area contributed by atoms with Crippen LogP contribution in [-0.4, -0.2) is 17.3 Å². The van der Waals surface area contributed by atoms with Crippen LogP contribution < -0.4 is 4.90 Å². The van der Waals surface area contributed by atoms with E-state index in [0.717, 1.165) is 17.0 Å². The fraction of sp³-hybridized carbons (Fsp3) is 0.214. The van der Waals surface area contributed by atoms with E-state index in [0.29, 0.717) is 16.4 Å². The second-order valence-electron chi connectivity index (χ2n) is 4.19. The monoisotopic (exact) mass is 290 g/mol. The van der Waals surface area contributed by atoms with E-state index >= 15 is 0 Å². The number of anilines is 2. The van der Waals surface area contributed by atoms with Crippen molar-refractivity contribution in [2.45, 2.75) is 13.8 Å². The Labute approximate surface area is 120 Å². The molecule has 0 aliphatic rings. The quantitative estimate of drug-likeness (QED) is 0.474. The lowest BCUT2D eigenvalue weighted by molar-refractivity contribution is -0.383. The number of thiophene rings is 1. The van der Waals surface area contributed by atoms with Gasteiger partial charge in [0.2, 0.25) is 0 Å². The van der Waals surface area contributed by atoms with Crippen LogP contribution in [0.4, 0.5) is 16.4 Å². The molecule has 1 aromatic heterocycles. The van der Waals surface area contributed by atoms with Crippen molar-refractivity contribution in [3.63, 3.8) is 0 Å². The van der Waals surface area contributed by atoms with Gasteiger partial charge in [-0.3, -0.25) is 14.9 Å². The maximum Gasteiger partial charge on any atom is 0.304 e. The van der Waals surface area contributed by atoms with Gasteiger partial charge in [0, 0.05) is 18.3 Å². The van der Waals surface area contributed by atoms with Gasteiger partial charge in [0.15, 0.2) is 10.8 Å². The summed E-state index contributed by atoms with van der Waals surface area (Å²) in [5.74, 6) is -0.159. The van der Waals surface area contributed by atoms with Gasteiger partial charge in [-0.25, -0.2) is 0 Å². The first kappa shape index (κ1) is 14.2. The van der Waals surface area contributed by atoms with Crippen LogP contribution >= 0.6 is 11.3 Å². The minimum Gasteiger partial charge on any atom is -0.328 e. The number of benzene rings is 1. The van der Waals surface area contributed by atoms with E-state index < -0.39 is 4.92 Å². The molecule has 0 saturated heterocycles. The molecule has 0 radical (unpaired) electrons. The lowest BCUT2D eigenvalue weighted by Crippen LogP contribution is -2.15. The zero-order valence-electron chi connectivity index (χ0n) is 11.2. The second-order valence-corrected chi connectivity index (χ2v) is 5.22. The molecule has 0 atom stereocenters. The average Bonchev–Trinajstić information content (AvgIpc) is 2.86. The molecule has 0 N–H and O–H groups in total. The number of rotatable bonds is 5. The van der Waals surface area contributed by atoms with Crippen LogP contribution in [0.25, 0.3) is 0 Å². The molecule has 0 spiro atoms. The molecule has 20 heavy (non-hydrogen) atoms. The standard InChI is InChI=1S/C14H14N2O3S/c1-3-15(11-7-5-4-6-8-11)14-12(16(18)19)9-13(20-14)10(2)17/h4-9H,3H2,1-2H3. The van der Waals surface area contributed by atoms with Gasteiger partial charge in [-0.1, -0.05) is 18.2 Å². The van der Waals surface area contributed by atoms with Gasteiger partial charge in [-0.05, 0) is 26.0 Å². The Kier molecular flexibility index (Phi) is 4.14. The van der Waals surface area contributed by atoms with Gasteiger partial charge in [0.1, 0.15) is 0 Å². The third kappa shape index (κ3) is 2.70. The number of ketones is 1. The molecule has 6 heteroatoms. The van der Waals surface area contributed by atoms with Crippen molar-refractivity contribution in [1.29, 1.82) is 0 Å². The highest BCUT2D eigenvalue weighted by atomic mass is 32.1. The van der Waals surface area contributed by atoms with Gasteiger partial charge in [-0.2, -0.15) is 0 Å². The molecule has 0 fully saturated rings. The van der Waals surface area contributed by atoms with Crippen molar-refractivity contribution in [2.24, 2.45) is 0 Å². The number of hydrogen-bond donors (Lipinski definition) is 0. The van der Waals surface area contributed by atoms with E-state index in [1.807, 2.05) is 42.2 Å². The molecule has 0 bridgehead atoms. The van der Waals surface area contributed by atoms with E-state index in [1.165, 1.54) is 13.0 Å². The van der Waals surface area contributed by atoms with E-state index in [9.17, 15) is 14.9 Å². The summed E-state index contributed by atoms with van der Waals surface area (Å²) in [6.07, 6.45) is 0. The first-order valence-electron chi connectivity index (χ1n) is 6.16. The van der Waals surface area contributed by atoms with Crippen LogP contribution in [0, 0.1) is 10.1 Å². The van der Waals surface area contributed by atoms with Crippen LogP contribution in [0.2, 0.25) is 0 Å². The van der Waals surface area contributed by atoms with E-state index in [1.54, 1.807) is 0 Å². The van der Waals surface area contributed by atoms with Crippen LogP contribution in [0.1, 0.15) is 23.5 Å². The topological polar surface area (TPSA) is 63.5 Å². The Morgan fingerprint density at radius 3 is 2.50 bits per heavy atom. The smallest absolute Gasteiger partial charge is 0.304 e. The van der Waals surface area contributed by atoms with E-state index in [4.69, 9.17) is 0 Å². The van der Waals surface area contributed by atoms with Crippen molar-refractivity contribution in [1.82, 2.24) is 0 Å². The van der Waals surface area contributed by atoms with Crippen molar-refractivity contribution in [3.05, 3.63) is 51.4 Å². The second kappa shape index (κ2) is 5.83. The number of carbonyl (C=O) groups is 1. The summed E-state index contributed by atoms with van der Waals surface area (Å²) in [5.41, 5.74) is 0.848. The van der Waals surface area contributed by atoms with Crippen LogP contribution in [0.5, 0.6) is 0 Å². The molecule has 2 rings (SSSR count). The summed E-state index contributed by atoms with van der Waals surface area (Å²) in [6.45, 7) is 3.92. The van der Waals surface area contributed by atoms with Crippen molar-refractivity contribution in [2.75, 3.05) is 11.4 Å². The Morgan fingerprint density at radius 2 is 2.00 bits per heavy atom. The number of Topliss-reactive ketones (excluding diaryl/α,β-unsaturated/α-hetero) is 1. The number of hydrogen-bond acceptors (Lipinski definition) is 5. The predicted molar refractivity (Wildman–Crippen MR) is 80.1 cm³/mol. The van der Waals surface area contributed by atoms with Crippen LogP contribution in [0.15, 0.2) is 36.4 Å². The summed E-state index contributed by atoms with van der Waals surface area (Å²) < 4.78 is 0. The number of nitro groups is 1. The van der Waals surface area contributed by atoms with Crippen LogP contribution in [-0.2, 0) is 0 Å². The fourth-order valence-corrected chi connectivity index (χ4v) is 3.03. The molecule has 0 amide bonds. The maximum atomic E-state index is 11.5. The number of nitrogens with zero attached hydrogens (tertiary/aromatic N) is 2. The SMILES string of the molecule is CCN(c1ccccc1)c1sc(C(C)=O)cc1[N+](=O)[O-]. The zero-order chi connectivity index (χ0) is 14.7. The van der Waals surface area contributed by atoms with E-state index in [2.05, 4.69) is 0 Å². The van der Waals surface area contributed by atoms with E-state index in [-0.39, 0.29) is 11.5 Å². The Bertz CT molecular complexity index is 637. The largest absolute Gasteiger partial charge is 0.328 e. The Balaban J connectivity index is 2.54. The summed E-state index contributed by atoms with van der Waals surface area (Å²) in [4.78, 5) is 24.4. The van der Waals surface area contributed by atoms with Crippen LogP contribution in [0.3, 0.4) is 0 Å². The van der Waals surface area contributed by atoms with Gasteiger partial charge in [0.05, 0.1) is 9.80 Å². The number of carbonyl (C=O) groups excluding carboxylic acids is 1. The molecule has 1 heterocycles. The molecule has 0 unspecified atom stereocenters. The first-order valence-corrected chi connectivity index (χ1v) is 6.98. The van der Waals surface area contributed by atoms with Crippen molar-refractivity contribution in [3.8, 4) is 0 Å². The lowest BCUT2D eigenvalue weighted by Gasteiger charge is -2.20. The highest BCUT2D eigenvalue weighted by Crippen LogP contribution is 2.41. The van der Waals surface area contributed by atoms with Gasteiger partial charge < -0.3 is 4.90 Å². The minimum atomic E-state index is -0.441. The molecule has 0 aliphatic carbocycles.